The number of ether oxygens (including phenoxy) is 1. The molecule has 0 radical (unpaired) electrons. The molecule has 0 aromatic heterocycles. The number of urea groups is 1. The van der Waals surface area contributed by atoms with E-state index in [0.717, 1.165) is 6.42 Å². The maximum absolute atomic E-state index is 11.6. The van der Waals surface area contributed by atoms with Gasteiger partial charge in [0.1, 0.15) is 5.75 Å². The van der Waals surface area contributed by atoms with Crippen molar-refractivity contribution in [1.82, 2.24) is 10.0 Å². The van der Waals surface area contributed by atoms with Crippen LogP contribution in [-0.4, -0.2) is 40.4 Å². The Kier molecular flexibility index (Phi) is 7.43. The molecular formula is C13H20ClN3O4S. The molecule has 124 valence electrons. The number of amides is 2. The van der Waals surface area contributed by atoms with E-state index >= 15 is 0 Å². The molecule has 1 aromatic rings. The van der Waals surface area contributed by atoms with Crippen molar-refractivity contribution in [1.29, 1.82) is 0 Å². The summed E-state index contributed by atoms with van der Waals surface area (Å²) in [5.74, 6) is 0.358. The molecule has 0 spiro atoms. The third kappa shape index (κ3) is 6.50. The summed E-state index contributed by atoms with van der Waals surface area (Å²) in [6.07, 6.45) is 0.869. The first-order valence-corrected chi connectivity index (χ1v) is 8.79. The highest BCUT2D eigenvalue weighted by Crippen LogP contribution is 2.27. The Bertz CT molecular complexity index is 607. The van der Waals surface area contributed by atoms with Crippen molar-refractivity contribution < 1.29 is 17.9 Å². The second-order valence-electron chi connectivity index (χ2n) is 4.40. The molecule has 2 amide bonds. The Morgan fingerprint density at radius 1 is 1.36 bits per heavy atom. The maximum Gasteiger partial charge on any atom is 0.319 e. The van der Waals surface area contributed by atoms with Crippen LogP contribution in [0, 0.1) is 0 Å². The molecule has 0 heterocycles. The summed E-state index contributed by atoms with van der Waals surface area (Å²) < 4.78 is 30.0. The number of rotatable bonds is 8. The first kappa shape index (κ1) is 18.5. The quantitative estimate of drug-likeness (QED) is 0.666. The fourth-order valence-corrected chi connectivity index (χ4v) is 2.29. The number of carbonyl (C=O) groups excluding carboxylic acids is 1. The fraction of sp³-hybridized carbons (Fsp3) is 0.462. The van der Waals surface area contributed by atoms with Gasteiger partial charge in [-0.2, -0.15) is 0 Å². The van der Waals surface area contributed by atoms with E-state index in [4.69, 9.17) is 16.3 Å². The highest BCUT2D eigenvalue weighted by Gasteiger charge is 2.09. The molecule has 0 saturated heterocycles. The SMILES string of the molecule is CCCOc1ccc(NC(=O)NCCS(=O)(=O)NC)cc1Cl. The minimum absolute atomic E-state index is 0.000430. The van der Waals surface area contributed by atoms with Gasteiger partial charge in [-0.25, -0.2) is 17.9 Å². The highest BCUT2D eigenvalue weighted by atomic mass is 35.5. The fourth-order valence-electron chi connectivity index (χ4n) is 1.48. The van der Waals surface area contributed by atoms with Crippen molar-refractivity contribution in [2.45, 2.75) is 13.3 Å². The summed E-state index contributed by atoms with van der Waals surface area (Å²) in [7, 11) is -2.02. The lowest BCUT2D eigenvalue weighted by molar-refractivity contribution is 0.252. The van der Waals surface area contributed by atoms with Crippen molar-refractivity contribution in [3.8, 4) is 5.75 Å². The Labute approximate surface area is 135 Å². The Balaban J connectivity index is 2.49. The van der Waals surface area contributed by atoms with Crippen molar-refractivity contribution in [3.63, 3.8) is 0 Å². The third-order valence-corrected chi connectivity index (χ3v) is 4.28. The Morgan fingerprint density at radius 2 is 2.09 bits per heavy atom. The van der Waals surface area contributed by atoms with Crippen molar-refractivity contribution in [2.24, 2.45) is 0 Å². The molecule has 0 atom stereocenters. The minimum Gasteiger partial charge on any atom is -0.492 e. The van der Waals surface area contributed by atoms with Crippen molar-refractivity contribution >= 4 is 33.3 Å². The first-order valence-electron chi connectivity index (χ1n) is 6.76. The van der Waals surface area contributed by atoms with E-state index in [1.54, 1.807) is 18.2 Å². The summed E-state index contributed by atoms with van der Waals surface area (Å²) in [6.45, 7) is 2.55. The molecule has 22 heavy (non-hydrogen) atoms. The van der Waals surface area contributed by atoms with Gasteiger partial charge in [0.2, 0.25) is 10.0 Å². The van der Waals surface area contributed by atoms with E-state index < -0.39 is 16.1 Å². The van der Waals surface area contributed by atoms with Crippen molar-refractivity contribution in [2.75, 3.05) is 31.3 Å². The van der Waals surface area contributed by atoms with Gasteiger partial charge in [0.15, 0.2) is 0 Å². The number of benzene rings is 1. The van der Waals surface area contributed by atoms with Gasteiger partial charge in [0.25, 0.3) is 0 Å². The molecule has 3 N–H and O–H groups in total. The van der Waals surface area contributed by atoms with Crippen LogP contribution >= 0.6 is 11.6 Å². The predicted octanol–water partition coefficient (Wildman–Crippen LogP) is 1.80. The van der Waals surface area contributed by atoms with E-state index in [1.807, 2.05) is 6.92 Å². The van der Waals surface area contributed by atoms with E-state index in [-0.39, 0.29) is 12.3 Å². The van der Waals surface area contributed by atoms with Crippen LogP contribution in [0.4, 0.5) is 10.5 Å². The smallest absolute Gasteiger partial charge is 0.319 e. The van der Waals surface area contributed by atoms with Crippen LogP contribution in [0.1, 0.15) is 13.3 Å². The van der Waals surface area contributed by atoms with Gasteiger partial charge in [-0.3, -0.25) is 0 Å². The van der Waals surface area contributed by atoms with Crippen LogP contribution in [0.2, 0.25) is 5.02 Å². The van der Waals surface area contributed by atoms with Gasteiger partial charge in [-0.05, 0) is 31.7 Å². The van der Waals surface area contributed by atoms with E-state index in [1.165, 1.54) is 7.05 Å². The summed E-state index contributed by atoms with van der Waals surface area (Å²) in [5, 5.41) is 5.40. The van der Waals surface area contributed by atoms with E-state index in [9.17, 15) is 13.2 Å². The van der Waals surface area contributed by atoms with Crippen molar-refractivity contribution in [3.05, 3.63) is 23.2 Å². The third-order valence-electron chi connectivity index (χ3n) is 2.62. The molecule has 9 heteroatoms. The molecular weight excluding hydrogens is 330 g/mol. The number of nitrogens with one attached hydrogen (secondary N) is 3. The standard InChI is InChI=1S/C13H20ClN3O4S/c1-3-7-21-12-5-4-10(9-11(12)14)17-13(18)16-6-8-22(19,20)15-2/h4-5,9,15H,3,6-8H2,1-2H3,(H2,16,17,18). The minimum atomic E-state index is -3.34. The number of hydrogen-bond acceptors (Lipinski definition) is 4. The lowest BCUT2D eigenvalue weighted by Gasteiger charge is -2.10. The monoisotopic (exact) mass is 349 g/mol. The van der Waals surface area contributed by atoms with E-state index in [0.29, 0.717) is 23.1 Å². The zero-order chi connectivity index (χ0) is 16.6. The van der Waals surface area contributed by atoms with Gasteiger partial charge >= 0.3 is 6.03 Å². The van der Waals surface area contributed by atoms with Gasteiger partial charge in [-0.1, -0.05) is 18.5 Å². The highest BCUT2D eigenvalue weighted by molar-refractivity contribution is 7.89. The zero-order valence-electron chi connectivity index (χ0n) is 12.5. The summed E-state index contributed by atoms with van der Waals surface area (Å²) in [6, 6.07) is 4.38. The largest absolute Gasteiger partial charge is 0.492 e. The zero-order valence-corrected chi connectivity index (χ0v) is 14.1. The van der Waals surface area contributed by atoms with E-state index in [2.05, 4.69) is 15.4 Å². The normalized spacial score (nSPS) is 11.0. The van der Waals surface area contributed by atoms with Gasteiger partial charge in [-0.15, -0.1) is 0 Å². The molecule has 0 aliphatic heterocycles. The first-order chi connectivity index (χ1) is 10.4. The van der Waals surface area contributed by atoms with Crippen LogP contribution in [0.3, 0.4) is 0 Å². The molecule has 0 fully saturated rings. The number of halogens is 1. The van der Waals surface area contributed by atoms with Crippen LogP contribution in [0.25, 0.3) is 0 Å². The average molecular weight is 350 g/mol. The van der Waals surface area contributed by atoms with Gasteiger partial charge in [0.05, 0.1) is 17.4 Å². The second kappa shape index (κ2) is 8.82. The number of anilines is 1. The molecule has 0 aliphatic rings. The lowest BCUT2D eigenvalue weighted by Crippen LogP contribution is -2.35. The summed E-state index contributed by atoms with van der Waals surface area (Å²) in [5.41, 5.74) is 0.489. The number of hydrogen-bond donors (Lipinski definition) is 3. The Morgan fingerprint density at radius 3 is 2.68 bits per heavy atom. The summed E-state index contributed by atoms with van der Waals surface area (Å²) in [4.78, 5) is 11.6. The molecule has 7 nitrogen and oxygen atoms in total. The van der Waals surface area contributed by atoms with Crippen LogP contribution in [-0.2, 0) is 10.0 Å². The molecule has 1 aromatic carbocycles. The van der Waals surface area contributed by atoms with Crippen LogP contribution in [0.5, 0.6) is 5.75 Å². The number of carbonyl (C=O) groups is 1. The molecule has 0 aliphatic carbocycles. The molecule has 0 saturated carbocycles. The Hall–Kier alpha value is -1.51. The lowest BCUT2D eigenvalue weighted by atomic mass is 10.3. The second-order valence-corrected chi connectivity index (χ2v) is 6.85. The average Bonchev–Trinajstić information content (AvgIpc) is 2.46. The number of sulfonamides is 1. The maximum atomic E-state index is 11.6. The molecule has 1 rings (SSSR count). The van der Waals surface area contributed by atoms with Crippen LogP contribution in [0.15, 0.2) is 18.2 Å². The van der Waals surface area contributed by atoms with Gasteiger partial charge < -0.3 is 15.4 Å². The molecule has 0 unspecified atom stereocenters. The topological polar surface area (TPSA) is 96.5 Å². The summed E-state index contributed by atoms with van der Waals surface area (Å²) >= 11 is 6.05. The van der Waals surface area contributed by atoms with Crippen LogP contribution < -0.4 is 20.1 Å². The predicted molar refractivity (Wildman–Crippen MR) is 87.1 cm³/mol. The molecule has 0 bridgehead atoms. The van der Waals surface area contributed by atoms with Gasteiger partial charge in [0, 0.05) is 12.2 Å².